The van der Waals surface area contributed by atoms with E-state index in [-0.39, 0.29) is 11.4 Å². The van der Waals surface area contributed by atoms with Gasteiger partial charge in [0.15, 0.2) is 0 Å². The standard InChI is InChI=1S/C19H21F3N2O4S/c1-13(24-29(26,27)17-9-7-16(28-2)8-10-17)18(25)23-12-11-14-3-5-15(6-4-14)19(20,21)22/h3-10,13,24H,11-12H2,1-2H3,(H,23,25)/t13-/m0/s1. The Bertz CT molecular complexity index is 927. The van der Waals surface area contributed by atoms with Gasteiger partial charge in [-0.15, -0.1) is 0 Å². The van der Waals surface area contributed by atoms with Crippen LogP contribution in [0.15, 0.2) is 53.4 Å². The second-order valence-electron chi connectivity index (χ2n) is 6.25. The van der Waals surface area contributed by atoms with Gasteiger partial charge in [0.25, 0.3) is 0 Å². The summed E-state index contributed by atoms with van der Waals surface area (Å²) in [5.41, 5.74) is -0.128. The highest BCUT2D eigenvalue weighted by Gasteiger charge is 2.29. The van der Waals surface area contributed by atoms with Crippen LogP contribution in [0.1, 0.15) is 18.1 Å². The zero-order chi connectivity index (χ0) is 21.7. The van der Waals surface area contributed by atoms with Crippen molar-refractivity contribution in [2.45, 2.75) is 30.5 Å². The number of carbonyl (C=O) groups is 1. The van der Waals surface area contributed by atoms with Gasteiger partial charge in [0.1, 0.15) is 5.75 Å². The number of benzene rings is 2. The average molecular weight is 430 g/mol. The third-order valence-electron chi connectivity index (χ3n) is 4.09. The van der Waals surface area contributed by atoms with E-state index in [1.807, 2.05) is 0 Å². The van der Waals surface area contributed by atoms with Crippen LogP contribution in [0.2, 0.25) is 0 Å². The molecule has 0 aliphatic carbocycles. The normalized spacial score (nSPS) is 13.0. The number of sulfonamides is 1. The van der Waals surface area contributed by atoms with Gasteiger partial charge >= 0.3 is 6.18 Å². The molecule has 0 unspecified atom stereocenters. The molecule has 2 aromatic carbocycles. The van der Waals surface area contributed by atoms with Crippen LogP contribution in [0.4, 0.5) is 13.2 Å². The highest BCUT2D eigenvalue weighted by molar-refractivity contribution is 7.89. The molecule has 2 aromatic rings. The number of nitrogens with one attached hydrogen (secondary N) is 2. The number of amides is 1. The molecule has 1 amide bonds. The van der Waals surface area contributed by atoms with E-state index in [1.165, 1.54) is 50.4 Å². The SMILES string of the molecule is COc1ccc(S(=O)(=O)N[C@@H](C)C(=O)NCCc2ccc(C(F)(F)F)cc2)cc1. The van der Waals surface area contributed by atoms with Crippen molar-refractivity contribution in [2.75, 3.05) is 13.7 Å². The molecular weight excluding hydrogens is 409 g/mol. The Morgan fingerprint density at radius 1 is 1.07 bits per heavy atom. The van der Waals surface area contributed by atoms with Crippen molar-refractivity contribution < 1.29 is 31.1 Å². The van der Waals surface area contributed by atoms with Gasteiger partial charge in [-0.2, -0.15) is 17.9 Å². The molecule has 158 valence electrons. The number of ether oxygens (including phenoxy) is 1. The fourth-order valence-corrected chi connectivity index (χ4v) is 3.66. The summed E-state index contributed by atoms with van der Waals surface area (Å²) in [7, 11) is -2.44. The van der Waals surface area contributed by atoms with E-state index >= 15 is 0 Å². The monoisotopic (exact) mass is 430 g/mol. The van der Waals surface area contributed by atoms with Crippen molar-refractivity contribution >= 4 is 15.9 Å². The number of methoxy groups -OCH3 is 1. The number of alkyl halides is 3. The second-order valence-corrected chi connectivity index (χ2v) is 7.97. The van der Waals surface area contributed by atoms with E-state index in [4.69, 9.17) is 4.74 Å². The minimum Gasteiger partial charge on any atom is -0.497 e. The molecule has 0 aliphatic rings. The van der Waals surface area contributed by atoms with Crippen LogP contribution in [0, 0.1) is 0 Å². The van der Waals surface area contributed by atoms with Crippen molar-refractivity contribution in [1.82, 2.24) is 10.0 Å². The van der Waals surface area contributed by atoms with Gasteiger partial charge in [-0.05, 0) is 55.3 Å². The summed E-state index contributed by atoms with van der Waals surface area (Å²) in [6.45, 7) is 1.55. The van der Waals surface area contributed by atoms with E-state index in [9.17, 15) is 26.4 Å². The molecule has 0 aromatic heterocycles. The molecule has 2 N–H and O–H groups in total. The molecule has 0 radical (unpaired) electrons. The van der Waals surface area contributed by atoms with Crippen molar-refractivity contribution in [3.63, 3.8) is 0 Å². The minimum absolute atomic E-state index is 0.0114. The van der Waals surface area contributed by atoms with Crippen molar-refractivity contribution in [3.05, 3.63) is 59.7 Å². The van der Waals surface area contributed by atoms with Gasteiger partial charge < -0.3 is 10.1 Å². The smallest absolute Gasteiger partial charge is 0.416 e. The first-order valence-electron chi connectivity index (χ1n) is 8.63. The summed E-state index contributed by atoms with van der Waals surface area (Å²) in [5.74, 6) is -0.0491. The molecule has 29 heavy (non-hydrogen) atoms. The van der Waals surface area contributed by atoms with Crippen molar-refractivity contribution in [1.29, 1.82) is 0 Å². The summed E-state index contributed by atoms with van der Waals surface area (Å²) in [4.78, 5) is 12.1. The van der Waals surface area contributed by atoms with Crippen molar-refractivity contribution in [3.8, 4) is 5.75 Å². The summed E-state index contributed by atoms with van der Waals surface area (Å²) >= 11 is 0. The zero-order valence-corrected chi connectivity index (χ0v) is 16.6. The van der Waals surface area contributed by atoms with E-state index in [1.54, 1.807) is 0 Å². The highest BCUT2D eigenvalue weighted by atomic mass is 32.2. The molecule has 0 bridgehead atoms. The van der Waals surface area contributed by atoms with Crippen molar-refractivity contribution in [2.24, 2.45) is 0 Å². The lowest BCUT2D eigenvalue weighted by atomic mass is 10.1. The van der Waals surface area contributed by atoms with Gasteiger partial charge in [-0.3, -0.25) is 4.79 Å². The van der Waals surface area contributed by atoms with Crippen LogP contribution < -0.4 is 14.8 Å². The molecule has 6 nitrogen and oxygen atoms in total. The van der Waals surface area contributed by atoms with Gasteiger partial charge in [-0.1, -0.05) is 12.1 Å². The molecule has 0 aliphatic heterocycles. The maximum absolute atomic E-state index is 12.5. The Kier molecular flexibility index (Phi) is 7.26. The Hall–Kier alpha value is -2.59. The number of rotatable bonds is 8. The second kappa shape index (κ2) is 9.27. The zero-order valence-electron chi connectivity index (χ0n) is 15.8. The third-order valence-corrected chi connectivity index (χ3v) is 5.65. The first-order valence-corrected chi connectivity index (χ1v) is 10.1. The lowest BCUT2D eigenvalue weighted by molar-refractivity contribution is -0.137. The molecule has 0 saturated heterocycles. The summed E-state index contributed by atoms with van der Waals surface area (Å²) < 4.78 is 69.5. The molecular formula is C19H21F3N2O4S. The minimum atomic E-state index is -4.40. The maximum atomic E-state index is 12.5. The number of hydrogen-bond acceptors (Lipinski definition) is 4. The van der Waals surface area contributed by atoms with Crippen LogP contribution in [0.25, 0.3) is 0 Å². The topological polar surface area (TPSA) is 84.5 Å². The fourth-order valence-electron chi connectivity index (χ4n) is 2.45. The molecule has 0 fully saturated rings. The summed E-state index contributed by atoms with van der Waals surface area (Å²) in [5, 5.41) is 2.56. The van der Waals surface area contributed by atoms with E-state index in [2.05, 4.69) is 10.0 Å². The Morgan fingerprint density at radius 2 is 1.66 bits per heavy atom. The molecule has 1 atom stereocenters. The third kappa shape index (κ3) is 6.47. The molecule has 0 spiro atoms. The predicted molar refractivity (Wildman–Crippen MR) is 101 cm³/mol. The highest BCUT2D eigenvalue weighted by Crippen LogP contribution is 2.29. The van der Waals surface area contributed by atoms with E-state index in [0.717, 1.165) is 12.1 Å². The van der Waals surface area contributed by atoms with Crippen LogP contribution in [0.5, 0.6) is 5.75 Å². The van der Waals surface area contributed by atoms with E-state index < -0.39 is 33.7 Å². The Morgan fingerprint density at radius 3 is 2.17 bits per heavy atom. The van der Waals surface area contributed by atoms with E-state index in [0.29, 0.717) is 17.7 Å². The molecule has 0 heterocycles. The maximum Gasteiger partial charge on any atom is 0.416 e. The van der Waals surface area contributed by atoms with Crippen LogP contribution in [-0.2, 0) is 27.4 Å². The number of hydrogen-bond donors (Lipinski definition) is 2. The molecule has 2 rings (SSSR count). The Balaban J connectivity index is 1.86. The Labute approximate surface area is 167 Å². The number of halogens is 3. The fraction of sp³-hybridized carbons (Fsp3) is 0.316. The first kappa shape index (κ1) is 22.7. The summed E-state index contributed by atoms with van der Waals surface area (Å²) in [6.07, 6.45) is -4.09. The lowest BCUT2D eigenvalue weighted by Gasteiger charge is -2.15. The van der Waals surface area contributed by atoms with Gasteiger partial charge in [0.05, 0.1) is 23.6 Å². The van der Waals surface area contributed by atoms with Gasteiger partial charge in [-0.25, -0.2) is 8.42 Å². The van der Waals surface area contributed by atoms with Crippen LogP contribution in [0.3, 0.4) is 0 Å². The quantitative estimate of drug-likeness (QED) is 0.675. The average Bonchev–Trinajstić information content (AvgIpc) is 2.67. The summed E-state index contributed by atoms with van der Waals surface area (Å²) in [6, 6.07) is 9.29. The largest absolute Gasteiger partial charge is 0.497 e. The van der Waals surface area contributed by atoms with Gasteiger partial charge in [0, 0.05) is 6.54 Å². The van der Waals surface area contributed by atoms with Crippen LogP contribution >= 0.6 is 0 Å². The van der Waals surface area contributed by atoms with Crippen LogP contribution in [-0.4, -0.2) is 34.0 Å². The molecule has 0 saturated carbocycles. The first-order chi connectivity index (χ1) is 13.5. The number of carbonyl (C=O) groups excluding carboxylic acids is 1. The molecule has 10 heteroatoms. The predicted octanol–water partition coefficient (Wildman–Crippen LogP) is 2.74. The lowest BCUT2D eigenvalue weighted by Crippen LogP contribution is -2.45. The van der Waals surface area contributed by atoms with Gasteiger partial charge in [0.2, 0.25) is 15.9 Å².